The van der Waals surface area contributed by atoms with Gasteiger partial charge in [-0.15, -0.1) is 0 Å². The first-order valence-corrected chi connectivity index (χ1v) is 6.61. The Labute approximate surface area is 114 Å². The monoisotopic (exact) mass is 273 g/mol. The maximum absolute atomic E-state index is 11.6. The van der Waals surface area contributed by atoms with Crippen molar-refractivity contribution in [1.82, 2.24) is 10.2 Å². The lowest BCUT2D eigenvalue weighted by Gasteiger charge is -2.22. The number of hydrogen-bond donors (Lipinski definition) is 2. The lowest BCUT2D eigenvalue weighted by molar-refractivity contribution is -0.122. The molecule has 1 fully saturated rings. The highest BCUT2D eigenvalue weighted by Crippen LogP contribution is 2.49. The number of nitrogens with one attached hydrogen (secondary N) is 1. The molecule has 5 nitrogen and oxygen atoms in total. The van der Waals surface area contributed by atoms with Gasteiger partial charge in [0, 0.05) is 26.6 Å². The molecule has 1 aliphatic rings. The van der Waals surface area contributed by atoms with Crippen molar-refractivity contribution in [2.24, 2.45) is 11.1 Å². The molecule has 1 saturated carbocycles. The van der Waals surface area contributed by atoms with Crippen LogP contribution in [0.5, 0.6) is 0 Å². The molecule has 6 heteroatoms. The van der Waals surface area contributed by atoms with Crippen molar-refractivity contribution < 1.29 is 9.53 Å². The van der Waals surface area contributed by atoms with Gasteiger partial charge in [0.15, 0.2) is 0 Å². The van der Waals surface area contributed by atoms with Crippen molar-refractivity contribution in [3.05, 3.63) is 0 Å². The van der Waals surface area contributed by atoms with Crippen LogP contribution in [0.2, 0.25) is 0 Å². The molecular weight excluding hydrogens is 250 g/mol. The maximum Gasteiger partial charge on any atom is 0.234 e. The molecule has 0 bridgehead atoms. The third kappa shape index (κ3) is 5.75. The summed E-state index contributed by atoms with van der Waals surface area (Å²) >= 11 is 4.96. The zero-order valence-electron chi connectivity index (χ0n) is 11.2. The van der Waals surface area contributed by atoms with Gasteiger partial charge in [-0.2, -0.15) is 0 Å². The SMILES string of the molecule is COCCNC(=O)CN(C)CC1(CC(N)=S)CC1. The van der Waals surface area contributed by atoms with Crippen LogP contribution in [0.3, 0.4) is 0 Å². The third-order valence-electron chi connectivity index (χ3n) is 3.15. The van der Waals surface area contributed by atoms with Gasteiger partial charge in [0.2, 0.25) is 5.91 Å². The Balaban J connectivity index is 2.22. The van der Waals surface area contributed by atoms with Crippen molar-refractivity contribution in [1.29, 1.82) is 0 Å². The molecule has 0 spiro atoms. The van der Waals surface area contributed by atoms with Crippen molar-refractivity contribution in [3.8, 4) is 0 Å². The van der Waals surface area contributed by atoms with Crippen molar-refractivity contribution >= 4 is 23.1 Å². The zero-order valence-corrected chi connectivity index (χ0v) is 12.0. The normalized spacial score (nSPS) is 16.6. The van der Waals surface area contributed by atoms with Gasteiger partial charge >= 0.3 is 0 Å². The number of carbonyl (C=O) groups is 1. The van der Waals surface area contributed by atoms with Gasteiger partial charge in [-0.05, 0) is 25.3 Å². The van der Waals surface area contributed by atoms with E-state index in [1.165, 1.54) is 0 Å². The van der Waals surface area contributed by atoms with Gasteiger partial charge in [-0.25, -0.2) is 0 Å². The van der Waals surface area contributed by atoms with Crippen LogP contribution in [0, 0.1) is 5.41 Å². The lowest BCUT2D eigenvalue weighted by atomic mass is 10.0. The second-order valence-corrected chi connectivity index (χ2v) is 5.68. The lowest BCUT2D eigenvalue weighted by Crippen LogP contribution is -2.39. The number of thiocarbonyl (C=S) groups is 1. The average molecular weight is 273 g/mol. The fourth-order valence-corrected chi connectivity index (χ4v) is 2.47. The van der Waals surface area contributed by atoms with Crippen LogP contribution in [-0.4, -0.2) is 56.2 Å². The van der Waals surface area contributed by atoms with E-state index in [2.05, 4.69) is 5.32 Å². The molecule has 0 aliphatic heterocycles. The summed E-state index contributed by atoms with van der Waals surface area (Å²) in [5.74, 6) is 0.0284. The van der Waals surface area contributed by atoms with Crippen molar-refractivity contribution in [2.75, 3.05) is 40.4 Å². The number of ether oxygens (including phenoxy) is 1. The Bertz CT molecular complexity index is 306. The molecule has 1 rings (SSSR count). The van der Waals surface area contributed by atoms with E-state index < -0.39 is 0 Å². The highest BCUT2D eigenvalue weighted by atomic mass is 32.1. The number of nitrogens with two attached hydrogens (primary N) is 1. The number of hydrogen-bond acceptors (Lipinski definition) is 4. The predicted molar refractivity (Wildman–Crippen MR) is 75.5 cm³/mol. The largest absolute Gasteiger partial charge is 0.393 e. The molecule has 0 aromatic carbocycles. The maximum atomic E-state index is 11.6. The molecule has 0 aromatic rings. The van der Waals surface area contributed by atoms with E-state index in [-0.39, 0.29) is 11.3 Å². The van der Waals surface area contributed by atoms with E-state index in [9.17, 15) is 4.79 Å². The van der Waals surface area contributed by atoms with Crippen molar-refractivity contribution in [2.45, 2.75) is 19.3 Å². The minimum Gasteiger partial charge on any atom is -0.393 e. The van der Waals surface area contributed by atoms with Gasteiger partial charge in [-0.3, -0.25) is 9.69 Å². The predicted octanol–water partition coefficient (Wildman–Crippen LogP) is 0.137. The number of amides is 1. The smallest absolute Gasteiger partial charge is 0.234 e. The summed E-state index contributed by atoms with van der Waals surface area (Å²) in [6, 6.07) is 0. The van der Waals surface area contributed by atoms with E-state index in [4.69, 9.17) is 22.7 Å². The minimum atomic E-state index is 0.0284. The first-order chi connectivity index (χ1) is 8.47. The standard InChI is InChI=1S/C12H23N3O2S/c1-15(8-11(16)14-5-6-17-2)9-12(3-4-12)7-10(13)18/h3-9H2,1-2H3,(H2,13,18)(H,14,16). The van der Waals surface area contributed by atoms with Gasteiger partial charge in [-0.1, -0.05) is 12.2 Å². The van der Waals surface area contributed by atoms with Gasteiger partial charge in [0.05, 0.1) is 18.1 Å². The molecular formula is C12H23N3O2S. The number of nitrogens with zero attached hydrogens (tertiary/aromatic N) is 1. The topological polar surface area (TPSA) is 67.6 Å². The fraction of sp³-hybridized carbons (Fsp3) is 0.833. The molecule has 104 valence electrons. The first-order valence-electron chi connectivity index (χ1n) is 6.20. The zero-order chi connectivity index (χ0) is 13.6. The second-order valence-electron chi connectivity index (χ2n) is 5.16. The van der Waals surface area contributed by atoms with Crippen LogP contribution in [-0.2, 0) is 9.53 Å². The Morgan fingerprint density at radius 3 is 2.72 bits per heavy atom. The molecule has 1 aliphatic carbocycles. The first kappa shape index (κ1) is 15.3. The summed E-state index contributed by atoms with van der Waals surface area (Å²) < 4.78 is 4.87. The molecule has 0 atom stereocenters. The molecule has 0 heterocycles. The number of rotatable bonds is 9. The number of likely N-dealkylation sites (N-methyl/N-ethyl adjacent to an activating group) is 1. The Hall–Kier alpha value is -0.720. The van der Waals surface area contributed by atoms with Crippen LogP contribution in [0.4, 0.5) is 0 Å². The highest BCUT2D eigenvalue weighted by Gasteiger charge is 2.43. The quantitative estimate of drug-likeness (QED) is 0.462. The third-order valence-corrected chi connectivity index (χ3v) is 3.30. The Kier molecular flexibility index (Phi) is 5.98. The Morgan fingerprint density at radius 1 is 1.56 bits per heavy atom. The summed E-state index contributed by atoms with van der Waals surface area (Å²) in [5.41, 5.74) is 5.83. The van der Waals surface area contributed by atoms with Crippen LogP contribution in [0.1, 0.15) is 19.3 Å². The Morgan fingerprint density at radius 2 is 2.22 bits per heavy atom. The second kappa shape index (κ2) is 7.01. The molecule has 0 saturated heterocycles. The average Bonchev–Trinajstić information content (AvgIpc) is 2.96. The summed E-state index contributed by atoms with van der Waals surface area (Å²) in [6.07, 6.45) is 3.10. The van der Waals surface area contributed by atoms with Gasteiger partial charge in [0.1, 0.15) is 0 Å². The summed E-state index contributed by atoms with van der Waals surface area (Å²) in [6.45, 7) is 2.38. The minimum absolute atomic E-state index is 0.0284. The number of carbonyl (C=O) groups excluding carboxylic acids is 1. The summed E-state index contributed by atoms with van der Waals surface area (Å²) in [7, 11) is 3.57. The van der Waals surface area contributed by atoms with Crippen LogP contribution < -0.4 is 11.1 Å². The van der Waals surface area contributed by atoms with E-state index in [0.29, 0.717) is 24.7 Å². The van der Waals surface area contributed by atoms with E-state index in [1.54, 1.807) is 7.11 Å². The molecule has 0 aromatic heterocycles. The number of methoxy groups -OCH3 is 1. The van der Waals surface area contributed by atoms with Crippen molar-refractivity contribution in [3.63, 3.8) is 0 Å². The highest BCUT2D eigenvalue weighted by molar-refractivity contribution is 7.80. The summed E-state index contributed by atoms with van der Waals surface area (Å²) in [4.78, 5) is 14.2. The van der Waals surface area contributed by atoms with E-state index >= 15 is 0 Å². The molecule has 0 unspecified atom stereocenters. The van der Waals surface area contributed by atoms with E-state index in [0.717, 1.165) is 25.8 Å². The molecule has 3 N–H and O–H groups in total. The molecule has 1 amide bonds. The molecule has 18 heavy (non-hydrogen) atoms. The van der Waals surface area contributed by atoms with Crippen LogP contribution >= 0.6 is 12.2 Å². The van der Waals surface area contributed by atoms with Gasteiger partial charge in [0.25, 0.3) is 0 Å². The van der Waals surface area contributed by atoms with Gasteiger partial charge < -0.3 is 15.8 Å². The van der Waals surface area contributed by atoms with Crippen LogP contribution in [0.15, 0.2) is 0 Å². The summed E-state index contributed by atoms with van der Waals surface area (Å²) in [5, 5.41) is 2.81. The fourth-order valence-electron chi connectivity index (χ4n) is 2.16. The molecule has 0 radical (unpaired) electrons. The van der Waals surface area contributed by atoms with Crippen LogP contribution in [0.25, 0.3) is 0 Å². The van der Waals surface area contributed by atoms with E-state index in [1.807, 2.05) is 11.9 Å².